The van der Waals surface area contributed by atoms with Crippen molar-refractivity contribution < 1.29 is 18.7 Å². The highest BCUT2D eigenvalue weighted by Gasteiger charge is 2.31. The fraction of sp³-hybridized carbons (Fsp3) is 0.417. The Balaban J connectivity index is 1.38. The van der Waals surface area contributed by atoms with Crippen LogP contribution in [-0.2, 0) is 22.5 Å². The first-order chi connectivity index (χ1) is 15.1. The third-order valence-electron chi connectivity index (χ3n) is 5.83. The van der Waals surface area contributed by atoms with E-state index < -0.39 is 0 Å². The molecule has 31 heavy (non-hydrogen) atoms. The Morgan fingerprint density at radius 2 is 2.16 bits per heavy atom. The number of methoxy groups -OCH3 is 1. The van der Waals surface area contributed by atoms with E-state index >= 15 is 0 Å². The number of nitrogens with zero attached hydrogens (tertiary/aromatic N) is 2. The van der Waals surface area contributed by atoms with Crippen LogP contribution in [0.4, 0.5) is 0 Å². The quantitative estimate of drug-likeness (QED) is 0.470. The maximum atomic E-state index is 12.0. The van der Waals surface area contributed by atoms with Gasteiger partial charge in [-0.25, -0.2) is 4.98 Å². The van der Waals surface area contributed by atoms with Crippen molar-refractivity contribution in [2.45, 2.75) is 45.7 Å². The van der Waals surface area contributed by atoms with Crippen molar-refractivity contribution in [1.82, 2.24) is 9.88 Å². The third-order valence-corrected chi connectivity index (χ3v) is 6.69. The number of hydrogen-bond acceptors (Lipinski definition) is 7. The highest BCUT2D eigenvalue weighted by atomic mass is 32.1. The van der Waals surface area contributed by atoms with Gasteiger partial charge in [-0.05, 0) is 61.9 Å². The molecule has 164 valence electrons. The third kappa shape index (κ3) is 4.83. The van der Waals surface area contributed by atoms with Gasteiger partial charge in [0.1, 0.15) is 17.6 Å². The number of carbonyl (C=O) groups excluding carboxylic acids is 1. The maximum Gasteiger partial charge on any atom is 0.323 e. The highest BCUT2D eigenvalue weighted by molar-refractivity contribution is 7.13. The molecule has 1 unspecified atom stereocenters. The van der Waals surface area contributed by atoms with Crippen LogP contribution in [0.15, 0.2) is 40.1 Å². The van der Waals surface area contributed by atoms with Gasteiger partial charge in [0.2, 0.25) is 5.89 Å². The first-order valence-electron chi connectivity index (χ1n) is 10.6. The number of hydrogen-bond donors (Lipinski definition) is 0. The lowest BCUT2D eigenvalue weighted by Gasteiger charge is -2.23. The zero-order valence-electron chi connectivity index (χ0n) is 18.2. The summed E-state index contributed by atoms with van der Waals surface area (Å²) in [5.41, 5.74) is 3.20. The Morgan fingerprint density at radius 1 is 1.29 bits per heavy atom. The Kier molecular flexibility index (Phi) is 6.73. The molecule has 6 nitrogen and oxygen atoms in total. The summed E-state index contributed by atoms with van der Waals surface area (Å²) in [6.07, 6.45) is 2.55. The molecule has 0 spiro atoms. The predicted octanol–water partition coefficient (Wildman–Crippen LogP) is 4.78. The lowest BCUT2D eigenvalue weighted by atomic mass is 10.1. The summed E-state index contributed by atoms with van der Waals surface area (Å²) in [4.78, 5) is 19.9. The number of thiophene rings is 1. The lowest BCUT2D eigenvalue weighted by Crippen LogP contribution is -2.36. The minimum absolute atomic E-state index is 0.146. The molecule has 1 aromatic carbocycles. The number of likely N-dealkylation sites (tertiary alicyclic amines) is 1. The summed E-state index contributed by atoms with van der Waals surface area (Å²) in [6.45, 7) is 6.16. The molecule has 3 aromatic rings. The molecule has 0 aliphatic carbocycles. The number of carbonyl (C=O) groups is 1. The lowest BCUT2D eigenvalue weighted by molar-refractivity contribution is -0.146. The molecule has 0 bridgehead atoms. The second-order valence-corrected chi connectivity index (χ2v) is 8.74. The van der Waals surface area contributed by atoms with Crippen LogP contribution in [0.3, 0.4) is 0 Å². The van der Waals surface area contributed by atoms with E-state index in [1.807, 2.05) is 36.6 Å². The Morgan fingerprint density at radius 3 is 2.94 bits per heavy atom. The number of aromatic nitrogens is 1. The van der Waals surface area contributed by atoms with Crippen LogP contribution in [0.5, 0.6) is 5.75 Å². The van der Waals surface area contributed by atoms with E-state index in [9.17, 15) is 4.79 Å². The first-order valence-corrected chi connectivity index (χ1v) is 11.5. The number of oxazole rings is 1. The van der Waals surface area contributed by atoms with Crippen LogP contribution in [0.2, 0.25) is 0 Å². The van der Waals surface area contributed by atoms with Crippen LogP contribution >= 0.6 is 11.3 Å². The van der Waals surface area contributed by atoms with E-state index in [4.69, 9.17) is 13.9 Å². The first kappa shape index (κ1) is 21.6. The van der Waals surface area contributed by atoms with Gasteiger partial charge in [-0.1, -0.05) is 18.2 Å². The van der Waals surface area contributed by atoms with E-state index in [1.165, 1.54) is 12.7 Å². The monoisotopic (exact) mass is 440 g/mol. The fourth-order valence-corrected chi connectivity index (χ4v) is 4.70. The molecule has 3 heterocycles. The van der Waals surface area contributed by atoms with Crippen molar-refractivity contribution in [3.05, 3.63) is 58.3 Å². The van der Waals surface area contributed by atoms with Gasteiger partial charge in [-0.3, -0.25) is 9.69 Å². The van der Waals surface area contributed by atoms with Crippen LogP contribution in [0, 0.1) is 13.8 Å². The smallest absolute Gasteiger partial charge is 0.323 e. The zero-order valence-corrected chi connectivity index (χ0v) is 19.0. The molecule has 1 saturated heterocycles. The van der Waals surface area contributed by atoms with Gasteiger partial charge in [0, 0.05) is 13.0 Å². The van der Waals surface area contributed by atoms with Crippen LogP contribution in [0.1, 0.15) is 35.4 Å². The van der Waals surface area contributed by atoms with Crippen molar-refractivity contribution in [3.8, 4) is 16.5 Å². The Hall–Kier alpha value is -2.64. The van der Waals surface area contributed by atoms with Crippen molar-refractivity contribution in [2.24, 2.45) is 0 Å². The van der Waals surface area contributed by atoms with Crippen molar-refractivity contribution in [2.75, 3.05) is 20.3 Å². The number of rotatable bonds is 8. The molecule has 1 aliphatic heterocycles. The largest absolute Gasteiger partial charge is 0.493 e. The van der Waals surface area contributed by atoms with Crippen LogP contribution in [0.25, 0.3) is 10.8 Å². The molecule has 0 saturated carbocycles. The van der Waals surface area contributed by atoms with Gasteiger partial charge in [0.25, 0.3) is 0 Å². The summed E-state index contributed by atoms with van der Waals surface area (Å²) in [5.74, 6) is 2.23. The SMILES string of the molecule is COC(=O)C1CCCN1Cc1cccc(OCCc2nc(-c3cccs3)oc2C)c1C. The van der Waals surface area contributed by atoms with Gasteiger partial charge >= 0.3 is 5.97 Å². The van der Waals surface area contributed by atoms with Gasteiger partial charge < -0.3 is 13.9 Å². The fourth-order valence-electron chi connectivity index (χ4n) is 4.05. The summed E-state index contributed by atoms with van der Waals surface area (Å²) in [6, 6.07) is 9.96. The zero-order chi connectivity index (χ0) is 21.8. The molecule has 1 atom stereocenters. The van der Waals surface area contributed by atoms with E-state index in [-0.39, 0.29) is 12.0 Å². The number of ether oxygens (including phenoxy) is 2. The van der Waals surface area contributed by atoms with E-state index in [2.05, 4.69) is 22.9 Å². The standard InChI is InChI=1S/C24H28N2O4S/c1-16-18(15-26-12-5-8-20(26)24(27)28-3)7-4-9-21(16)29-13-11-19-17(2)30-23(25-19)22-10-6-14-31-22/h4,6-7,9-10,14,20H,5,8,11-13,15H2,1-3H3. The molecule has 0 radical (unpaired) electrons. The molecular formula is C24H28N2O4S. The number of benzene rings is 1. The maximum absolute atomic E-state index is 12.0. The van der Waals surface area contributed by atoms with Crippen LogP contribution in [-0.4, -0.2) is 42.2 Å². The van der Waals surface area contributed by atoms with Gasteiger partial charge in [-0.15, -0.1) is 11.3 Å². The average Bonchev–Trinajstić information content (AvgIpc) is 3.52. The summed E-state index contributed by atoms with van der Waals surface area (Å²) >= 11 is 1.62. The summed E-state index contributed by atoms with van der Waals surface area (Å²) < 4.78 is 16.9. The number of aryl methyl sites for hydroxylation is 1. The molecule has 0 amide bonds. The highest BCUT2D eigenvalue weighted by Crippen LogP contribution is 2.28. The molecule has 4 rings (SSSR count). The predicted molar refractivity (Wildman–Crippen MR) is 120 cm³/mol. The van der Waals surface area contributed by atoms with Gasteiger partial charge in [0.05, 0.1) is 24.3 Å². The Labute approximate surface area is 186 Å². The average molecular weight is 441 g/mol. The van der Waals surface area contributed by atoms with Gasteiger partial charge in [-0.2, -0.15) is 0 Å². The Bertz CT molecular complexity index is 1030. The molecule has 2 aromatic heterocycles. The van der Waals surface area contributed by atoms with E-state index in [0.29, 0.717) is 18.9 Å². The van der Waals surface area contributed by atoms with Gasteiger partial charge in [0.15, 0.2) is 0 Å². The normalized spacial score (nSPS) is 16.5. The van der Waals surface area contributed by atoms with Crippen molar-refractivity contribution >= 4 is 17.3 Å². The summed E-state index contributed by atoms with van der Waals surface area (Å²) in [5, 5.41) is 2.02. The van der Waals surface area contributed by atoms with E-state index in [1.54, 1.807) is 11.3 Å². The van der Waals surface area contributed by atoms with E-state index in [0.717, 1.165) is 53.6 Å². The van der Waals surface area contributed by atoms with Crippen molar-refractivity contribution in [3.63, 3.8) is 0 Å². The minimum atomic E-state index is -0.151. The molecule has 1 fully saturated rings. The molecule has 0 N–H and O–H groups in total. The second-order valence-electron chi connectivity index (χ2n) is 7.79. The van der Waals surface area contributed by atoms with Crippen LogP contribution < -0.4 is 4.74 Å². The minimum Gasteiger partial charge on any atom is -0.493 e. The molecule has 1 aliphatic rings. The van der Waals surface area contributed by atoms with Crippen molar-refractivity contribution in [1.29, 1.82) is 0 Å². The molecular weight excluding hydrogens is 412 g/mol. The summed E-state index contributed by atoms with van der Waals surface area (Å²) in [7, 11) is 1.46. The second kappa shape index (κ2) is 9.66. The molecule has 7 heteroatoms. The number of esters is 1. The topological polar surface area (TPSA) is 64.8 Å².